The number of alkyl halides is 1. The molecule has 0 saturated carbocycles. The predicted octanol–water partition coefficient (Wildman–Crippen LogP) is 2.74. The third-order valence-electron chi connectivity index (χ3n) is 2.49. The molecule has 0 aliphatic carbocycles. The van der Waals surface area contributed by atoms with Gasteiger partial charge in [0.1, 0.15) is 6.10 Å². The Morgan fingerprint density at radius 2 is 1.94 bits per heavy atom. The molecule has 0 spiro atoms. The molecule has 2 atom stereocenters. The highest BCUT2D eigenvalue weighted by Crippen LogP contribution is 2.26. The molecule has 16 heavy (non-hydrogen) atoms. The van der Waals surface area contributed by atoms with Gasteiger partial charge < -0.3 is 9.84 Å². The van der Waals surface area contributed by atoms with Crippen LogP contribution in [0.1, 0.15) is 46.5 Å². The van der Waals surface area contributed by atoms with Gasteiger partial charge in [0.25, 0.3) is 0 Å². The van der Waals surface area contributed by atoms with Gasteiger partial charge in [-0.3, -0.25) is 4.79 Å². The van der Waals surface area contributed by atoms with Gasteiger partial charge in [0.2, 0.25) is 4.32 Å². The molecular weight excluding hydrogens is 276 g/mol. The second-order valence-corrected chi connectivity index (χ2v) is 5.04. The highest BCUT2D eigenvalue weighted by molar-refractivity contribution is 9.10. The summed E-state index contributed by atoms with van der Waals surface area (Å²) in [7, 11) is 0. The Hall–Kier alpha value is -0.580. The van der Waals surface area contributed by atoms with Crippen LogP contribution in [0.4, 0.5) is 0 Å². The Balaban J connectivity index is 4.59. The topological polar surface area (TPSA) is 63.6 Å². The molecule has 0 aliphatic rings. The number of esters is 1. The first-order valence-electron chi connectivity index (χ1n) is 5.55. The number of halogens is 1. The van der Waals surface area contributed by atoms with Gasteiger partial charge in [-0.05, 0) is 19.3 Å². The van der Waals surface area contributed by atoms with Crippen molar-refractivity contribution in [1.82, 2.24) is 0 Å². The van der Waals surface area contributed by atoms with Crippen LogP contribution >= 0.6 is 15.9 Å². The first-order chi connectivity index (χ1) is 7.42. The number of carbonyl (C=O) groups excluding carboxylic acids is 1. The lowest BCUT2D eigenvalue weighted by Gasteiger charge is -2.23. The van der Waals surface area contributed by atoms with Crippen molar-refractivity contribution < 1.29 is 19.4 Å². The molecule has 0 amide bonds. The maximum atomic E-state index is 11.7. The molecule has 2 unspecified atom stereocenters. The third-order valence-corrected chi connectivity index (χ3v) is 3.71. The van der Waals surface area contributed by atoms with Crippen molar-refractivity contribution in [3.05, 3.63) is 0 Å². The van der Waals surface area contributed by atoms with Crippen LogP contribution in [0.3, 0.4) is 0 Å². The maximum Gasteiger partial charge on any atom is 0.334 e. The lowest BCUT2D eigenvalue weighted by atomic mass is 10.1. The molecule has 0 bridgehead atoms. The van der Waals surface area contributed by atoms with Crippen molar-refractivity contribution >= 4 is 27.9 Å². The largest absolute Gasteiger partial charge is 0.480 e. The Morgan fingerprint density at radius 1 is 1.38 bits per heavy atom. The van der Waals surface area contributed by atoms with Gasteiger partial charge in [-0.25, -0.2) is 4.79 Å². The van der Waals surface area contributed by atoms with E-state index < -0.39 is 16.3 Å². The minimum Gasteiger partial charge on any atom is -0.480 e. The van der Waals surface area contributed by atoms with E-state index >= 15 is 0 Å². The number of carbonyl (C=O) groups is 2. The molecule has 0 saturated heterocycles. The summed E-state index contributed by atoms with van der Waals surface area (Å²) in [6.45, 7) is 5.54. The van der Waals surface area contributed by atoms with Gasteiger partial charge in [0.15, 0.2) is 0 Å². The second kappa shape index (κ2) is 6.89. The smallest absolute Gasteiger partial charge is 0.334 e. The van der Waals surface area contributed by atoms with Crippen LogP contribution in [0.2, 0.25) is 0 Å². The lowest BCUT2D eigenvalue weighted by Crippen LogP contribution is -2.42. The molecule has 0 aliphatic heterocycles. The first-order valence-corrected chi connectivity index (χ1v) is 6.35. The number of carboxylic acids is 1. The molecule has 0 radical (unpaired) electrons. The molecule has 0 heterocycles. The van der Waals surface area contributed by atoms with E-state index in [-0.39, 0.29) is 12.5 Å². The minimum absolute atomic E-state index is 0.156. The fourth-order valence-electron chi connectivity index (χ4n) is 1.30. The predicted molar refractivity (Wildman–Crippen MR) is 64.7 cm³/mol. The van der Waals surface area contributed by atoms with Crippen LogP contribution in [0.5, 0.6) is 0 Å². The van der Waals surface area contributed by atoms with Gasteiger partial charge >= 0.3 is 11.9 Å². The van der Waals surface area contributed by atoms with E-state index in [1.165, 1.54) is 0 Å². The Bertz CT molecular complexity index is 254. The van der Waals surface area contributed by atoms with Gasteiger partial charge in [0, 0.05) is 0 Å². The van der Waals surface area contributed by atoms with E-state index in [4.69, 9.17) is 9.84 Å². The van der Waals surface area contributed by atoms with Crippen molar-refractivity contribution in [3.63, 3.8) is 0 Å². The molecule has 0 aromatic carbocycles. The third kappa shape index (κ3) is 3.77. The lowest BCUT2D eigenvalue weighted by molar-refractivity contribution is -0.159. The second-order valence-electron chi connectivity index (χ2n) is 3.68. The van der Waals surface area contributed by atoms with E-state index in [1.54, 1.807) is 6.92 Å². The zero-order chi connectivity index (χ0) is 12.8. The fourth-order valence-corrected chi connectivity index (χ4v) is 1.39. The quantitative estimate of drug-likeness (QED) is 0.445. The number of hydrogen-bond donors (Lipinski definition) is 1. The Morgan fingerprint density at radius 3 is 2.25 bits per heavy atom. The molecule has 0 aromatic heterocycles. The number of hydrogen-bond acceptors (Lipinski definition) is 3. The number of aliphatic carboxylic acids is 1. The average molecular weight is 295 g/mol. The summed E-state index contributed by atoms with van der Waals surface area (Å²) in [6, 6.07) is 0. The van der Waals surface area contributed by atoms with Crippen LogP contribution in [0, 0.1) is 0 Å². The molecular formula is C11H19BrO4. The highest BCUT2D eigenvalue weighted by atomic mass is 79.9. The molecule has 0 rings (SSSR count). The number of ether oxygens (including phenoxy) is 1. The molecule has 1 N–H and O–H groups in total. The van der Waals surface area contributed by atoms with Gasteiger partial charge in [-0.15, -0.1) is 0 Å². The van der Waals surface area contributed by atoms with Crippen LogP contribution in [-0.4, -0.2) is 27.5 Å². The summed E-state index contributed by atoms with van der Waals surface area (Å²) in [4.78, 5) is 22.7. The van der Waals surface area contributed by atoms with Crippen LogP contribution in [-0.2, 0) is 14.3 Å². The maximum absolute atomic E-state index is 11.7. The van der Waals surface area contributed by atoms with E-state index in [0.29, 0.717) is 6.42 Å². The Kier molecular flexibility index (Phi) is 6.64. The fraction of sp³-hybridized carbons (Fsp3) is 0.818. The van der Waals surface area contributed by atoms with E-state index in [1.807, 2.05) is 13.8 Å². The summed E-state index contributed by atoms with van der Waals surface area (Å²) >= 11 is 2.95. The zero-order valence-electron chi connectivity index (χ0n) is 9.96. The summed E-state index contributed by atoms with van der Waals surface area (Å²) in [5.74, 6) is -1.91. The van der Waals surface area contributed by atoms with Crippen molar-refractivity contribution in [2.24, 2.45) is 0 Å². The number of carboxylic acid groups (broad SMARTS) is 1. The average Bonchev–Trinajstić information content (AvgIpc) is 2.26. The molecule has 5 heteroatoms. The summed E-state index contributed by atoms with van der Waals surface area (Å²) in [5.41, 5.74) is 0. The van der Waals surface area contributed by atoms with Gasteiger partial charge in [0.05, 0.1) is 0 Å². The van der Waals surface area contributed by atoms with Gasteiger partial charge in [-0.1, -0.05) is 43.1 Å². The normalized spacial score (nSPS) is 16.2. The minimum atomic E-state index is -1.60. The van der Waals surface area contributed by atoms with Crippen molar-refractivity contribution in [2.45, 2.75) is 56.9 Å². The number of rotatable bonds is 7. The molecule has 0 aromatic rings. The molecule has 4 nitrogen and oxygen atoms in total. The van der Waals surface area contributed by atoms with E-state index in [9.17, 15) is 9.59 Å². The van der Waals surface area contributed by atoms with E-state index in [0.717, 1.165) is 12.8 Å². The monoisotopic (exact) mass is 294 g/mol. The standard InChI is InChI=1S/C11H19BrO4/c1-4-7-8(5-2)16-10(15)11(12,6-3)9(13)14/h8H,4-7H2,1-3H3,(H,13,14). The summed E-state index contributed by atoms with van der Waals surface area (Å²) < 4.78 is 3.59. The zero-order valence-corrected chi connectivity index (χ0v) is 11.5. The van der Waals surface area contributed by atoms with Crippen LogP contribution < -0.4 is 0 Å². The van der Waals surface area contributed by atoms with Crippen molar-refractivity contribution in [3.8, 4) is 0 Å². The Labute approximate surface area is 104 Å². The summed E-state index contributed by atoms with van der Waals surface area (Å²) in [5, 5.41) is 8.97. The van der Waals surface area contributed by atoms with E-state index in [2.05, 4.69) is 15.9 Å². The van der Waals surface area contributed by atoms with Crippen molar-refractivity contribution in [2.75, 3.05) is 0 Å². The van der Waals surface area contributed by atoms with Crippen LogP contribution in [0.15, 0.2) is 0 Å². The first kappa shape index (κ1) is 15.4. The molecule has 94 valence electrons. The molecule has 0 fully saturated rings. The summed E-state index contributed by atoms with van der Waals surface area (Å²) in [6.07, 6.45) is 2.32. The van der Waals surface area contributed by atoms with Crippen LogP contribution in [0.25, 0.3) is 0 Å². The SMILES string of the molecule is CCCC(CC)OC(=O)C(Br)(CC)C(=O)O. The highest BCUT2D eigenvalue weighted by Gasteiger charge is 2.44. The van der Waals surface area contributed by atoms with Crippen molar-refractivity contribution in [1.29, 1.82) is 0 Å². The van der Waals surface area contributed by atoms with Gasteiger partial charge in [-0.2, -0.15) is 0 Å².